The molecular weight excluding hydrogens is 278 g/mol. The Morgan fingerprint density at radius 1 is 1.15 bits per heavy atom. The van der Waals surface area contributed by atoms with Gasteiger partial charge >= 0.3 is 0 Å². The van der Waals surface area contributed by atoms with Crippen LogP contribution in [0.4, 0.5) is 5.69 Å². The molecule has 0 amide bonds. The summed E-state index contributed by atoms with van der Waals surface area (Å²) >= 11 is 6.10. The van der Waals surface area contributed by atoms with Crippen LogP contribution in [0.1, 0.15) is 5.56 Å². The highest BCUT2D eigenvalue weighted by Crippen LogP contribution is 2.34. The van der Waals surface area contributed by atoms with Crippen molar-refractivity contribution in [1.82, 2.24) is 0 Å². The van der Waals surface area contributed by atoms with Crippen molar-refractivity contribution in [2.24, 2.45) is 0 Å². The third-order valence-corrected chi connectivity index (χ3v) is 3.38. The van der Waals surface area contributed by atoms with Crippen LogP contribution in [0.2, 0.25) is 5.02 Å². The van der Waals surface area contributed by atoms with E-state index in [0.29, 0.717) is 17.3 Å². The molecule has 3 rings (SSSR count). The first-order chi connectivity index (χ1) is 9.76. The second-order valence-corrected chi connectivity index (χ2v) is 4.80. The molecule has 0 atom stereocenters. The highest BCUT2D eigenvalue weighted by molar-refractivity contribution is 6.32. The minimum Gasteiger partial charge on any atom is -0.495 e. The van der Waals surface area contributed by atoms with E-state index < -0.39 is 0 Å². The lowest BCUT2D eigenvalue weighted by atomic mass is 10.2. The Balaban J connectivity index is 1.69. The van der Waals surface area contributed by atoms with Gasteiger partial charge in [0.05, 0.1) is 12.1 Å². The molecule has 1 N–H and O–H groups in total. The van der Waals surface area contributed by atoms with Crippen LogP contribution in [0, 0.1) is 0 Å². The Kier molecular flexibility index (Phi) is 3.56. The lowest BCUT2D eigenvalue weighted by molar-refractivity contribution is 0.174. The summed E-state index contributed by atoms with van der Waals surface area (Å²) in [6.07, 6.45) is 0. The van der Waals surface area contributed by atoms with Gasteiger partial charge in [0.15, 0.2) is 11.5 Å². The van der Waals surface area contributed by atoms with Crippen molar-refractivity contribution >= 4 is 17.3 Å². The molecule has 0 radical (unpaired) electrons. The second kappa shape index (κ2) is 5.51. The van der Waals surface area contributed by atoms with Crippen LogP contribution >= 0.6 is 11.6 Å². The van der Waals surface area contributed by atoms with Crippen LogP contribution in [-0.4, -0.2) is 13.9 Å². The number of anilines is 1. The van der Waals surface area contributed by atoms with E-state index >= 15 is 0 Å². The summed E-state index contributed by atoms with van der Waals surface area (Å²) < 4.78 is 15.7. The number of methoxy groups -OCH3 is 1. The molecule has 4 nitrogen and oxygen atoms in total. The number of rotatable bonds is 4. The number of hydrogen-bond donors (Lipinski definition) is 1. The average molecular weight is 292 g/mol. The number of halogens is 1. The van der Waals surface area contributed by atoms with Gasteiger partial charge in [0.1, 0.15) is 5.75 Å². The molecule has 0 aliphatic carbocycles. The Morgan fingerprint density at radius 2 is 2.00 bits per heavy atom. The van der Waals surface area contributed by atoms with E-state index in [1.807, 2.05) is 36.4 Å². The molecule has 0 unspecified atom stereocenters. The summed E-state index contributed by atoms with van der Waals surface area (Å²) in [6.45, 7) is 0.955. The molecule has 0 spiro atoms. The summed E-state index contributed by atoms with van der Waals surface area (Å²) in [4.78, 5) is 0. The first-order valence-electron chi connectivity index (χ1n) is 6.22. The smallest absolute Gasteiger partial charge is 0.231 e. The second-order valence-electron chi connectivity index (χ2n) is 4.39. The van der Waals surface area contributed by atoms with Gasteiger partial charge in [-0.25, -0.2) is 0 Å². The summed E-state index contributed by atoms with van der Waals surface area (Å²) in [5.74, 6) is 2.23. The number of benzene rings is 2. The van der Waals surface area contributed by atoms with Crippen LogP contribution in [0.25, 0.3) is 0 Å². The number of fused-ring (bicyclic) bond motifs is 1. The Morgan fingerprint density at radius 3 is 2.80 bits per heavy atom. The average Bonchev–Trinajstić information content (AvgIpc) is 2.92. The van der Waals surface area contributed by atoms with Crippen molar-refractivity contribution < 1.29 is 14.2 Å². The molecule has 5 heteroatoms. The molecule has 2 aromatic carbocycles. The zero-order chi connectivity index (χ0) is 13.9. The maximum absolute atomic E-state index is 6.10. The van der Waals surface area contributed by atoms with Gasteiger partial charge in [-0.15, -0.1) is 0 Å². The highest BCUT2D eigenvalue weighted by Gasteiger charge is 2.13. The fourth-order valence-electron chi connectivity index (χ4n) is 2.03. The quantitative estimate of drug-likeness (QED) is 0.932. The monoisotopic (exact) mass is 291 g/mol. The molecule has 104 valence electrons. The van der Waals surface area contributed by atoms with Gasteiger partial charge in [-0.3, -0.25) is 0 Å². The highest BCUT2D eigenvalue weighted by atomic mass is 35.5. The minimum absolute atomic E-state index is 0.285. The van der Waals surface area contributed by atoms with E-state index in [0.717, 1.165) is 22.7 Å². The third-order valence-electron chi connectivity index (χ3n) is 3.09. The van der Waals surface area contributed by atoms with Crippen LogP contribution < -0.4 is 19.5 Å². The van der Waals surface area contributed by atoms with E-state index in [1.54, 1.807) is 7.11 Å². The number of ether oxygens (including phenoxy) is 3. The van der Waals surface area contributed by atoms with Crippen molar-refractivity contribution in [3.63, 3.8) is 0 Å². The molecule has 0 fully saturated rings. The first kappa shape index (κ1) is 12.9. The van der Waals surface area contributed by atoms with Crippen molar-refractivity contribution in [2.75, 3.05) is 19.2 Å². The Bertz CT molecular complexity index is 631. The van der Waals surface area contributed by atoms with Gasteiger partial charge in [0.2, 0.25) is 6.79 Å². The predicted molar refractivity (Wildman–Crippen MR) is 77.9 cm³/mol. The molecule has 0 saturated heterocycles. The number of hydrogen-bond acceptors (Lipinski definition) is 4. The molecular formula is C15H14ClNO3. The van der Waals surface area contributed by atoms with E-state index in [-0.39, 0.29) is 6.79 Å². The molecule has 2 aromatic rings. The predicted octanol–water partition coefficient (Wildman–Crippen LogP) is 3.69. The molecule has 1 heterocycles. The van der Waals surface area contributed by atoms with Crippen LogP contribution in [0.15, 0.2) is 36.4 Å². The summed E-state index contributed by atoms with van der Waals surface area (Å²) in [5, 5.41) is 3.93. The van der Waals surface area contributed by atoms with Crippen LogP contribution in [0.5, 0.6) is 17.2 Å². The van der Waals surface area contributed by atoms with Crippen LogP contribution in [-0.2, 0) is 6.54 Å². The Hall–Kier alpha value is -2.07. The summed E-state index contributed by atoms with van der Waals surface area (Å²) in [7, 11) is 1.60. The van der Waals surface area contributed by atoms with Gasteiger partial charge in [-0.05, 0) is 29.8 Å². The standard InChI is InChI=1S/C15H14ClNO3/c1-18-13-4-2-10(6-12(13)16)8-17-11-3-5-14-15(7-11)20-9-19-14/h2-7,17H,8-9H2,1H3. The van der Waals surface area contributed by atoms with Gasteiger partial charge in [0.25, 0.3) is 0 Å². The lowest BCUT2D eigenvalue weighted by Gasteiger charge is -2.09. The third kappa shape index (κ3) is 2.60. The topological polar surface area (TPSA) is 39.7 Å². The van der Waals surface area contributed by atoms with Crippen molar-refractivity contribution in [3.05, 3.63) is 47.0 Å². The lowest BCUT2D eigenvalue weighted by Crippen LogP contribution is -1.99. The normalized spacial score (nSPS) is 12.3. The zero-order valence-electron chi connectivity index (χ0n) is 11.0. The SMILES string of the molecule is COc1ccc(CNc2ccc3c(c2)OCO3)cc1Cl. The summed E-state index contributed by atoms with van der Waals surface area (Å²) in [5.41, 5.74) is 2.05. The summed E-state index contributed by atoms with van der Waals surface area (Å²) in [6, 6.07) is 11.5. The molecule has 0 saturated carbocycles. The largest absolute Gasteiger partial charge is 0.495 e. The maximum atomic E-state index is 6.10. The first-order valence-corrected chi connectivity index (χ1v) is 6.60. The maximum Gasteiger partial charge on any atom is 0.231 e. The fourth-order valence-corrected chi connectivity index (χ4v) is 2.31. The van der Waals surface area contributed by atoms with Gasteiger partial charge in [-0.1, -0.05) is 17.7 Å². The van der Waals surface area contributed by atoms with Gasteiger partial charge in [0, 0.05) is 18.3 Å². The van der Waals surface area contributed by atoms with E-state index in [1.165, 1.54) is 0 Å². The van der Waals surface area contributed by atoms with Crippen molar-refractivity contribution in [2.45, 2.75) is 6.54 Å². The van der Waals surface area contributed by atoms with E-state index in [2.05, 4.69) is 5.32 Å². The Labute approximate surface area is 122 Å². The zero-order valence-corrected chi connectivity index (χ0v) is 11.7. The minimum atomic E-state index is 0.285. The van der Waals surface area contributed by atoms with Gasteiger partial charge in [-0.2, -0.15) is 0 Å². The van der Waals surface area contributed by atoms with Crippen molar-refractivity contribution in [3.8, 4) is 17.2 Å². The van der Waals surface area contributed by atoms with Gasteiger partial charge < -0.3 is 19.5 Å². The molecule has 20 heavy (non-hydrogen) atoms. The van der Waals surface area contributed by atoms with Crippen molar-refractivity contribution in [1.29, 1.82) is 0 Å². The molecule has 1 aliphatic heterocycles. The molecule has 0 bridgehead atoms. The molecule has 0 aromatic heterocycles. The van der Waals surface area contributed by atoms with Crippen LogP contribution in [0.3, 0.4) is 0 Å². The van der Waals surface area contributed by atoms with E-state index in [4.69, 9.17) is 25.8 Å². The number of nitrogens with one attached hydrogen (secondary N) is 1. The van der Waals surface area contributed by atoms with E-state index in [9.17, 15) is 0 Å². The fraction of sp³-hybridized carbons (Fsp3) is 0.200. The molecule has 1 aliphatic rings.